The summed E-state index contributed by atoms with van der Waals surface area (Å²) in [7, 11) is 0. The highest BCUT2D eigenvalue weighted by atomic mass is 19.4. The average molecular weight is 236 g/mol. The third-order valence-electron chi connectivity index (χ3n) is 1.41. The maximum atomic E-state index is 11.6. The number of aromatic amines is 1. The second-order valence-electron chi connectivity index (χ2n) is 2.76. The first kappa shape index (κ1) is 12.2. The van der Waals surface area contributed by atoms with Gasteiger partial charge in [-0.05, 0) is 6.07 Å². The molecule has 16 heavy (non-hydrogen) atoms. The van der Waals surface area contributed by atoms with Crippen LogP contribution in [-0.2, 0) is 4.84 Å². The Hall–Kier alpha value is -1.83. The van der Waals surface area contributed by atoms with Gasteiger partial charge in [0.05, 0.1) is 0 Å². The highest BCUT2D eigenvalue weighted by Crippen LogP contribution is 2.13. The molecule has 88 valence electrons. The molecule has 1 heterocycles. The molecule has 1 rings (SSSR count). The SMILES string of the molecule is O=C(NOCC(F)(F)F)c1cccc(=O)[nH]1. The van der Waals surface area contributed by atoms with Gasteiger partial charge >= 0.3 is 6.18 Å². The average Bonchev–Trinajstić information content (AvgIpc) is 2.15. The zero-order valence-electron chi connectivity index (χ0n) is 7.80. The number of hydroxylamine groups is 1. The Labute approximate surface area is 87.2 Å². The molecule has 0 atom stereocenters. The molecule has 1 amide bonds. The number of nitrogens with one attached hydrogen (secondary N) is 2. The van der Waals surface area contributed by atoms with Crippen molar-refractivity contribution in [2.24, 2.45) is 0 Å². The Bertz CT molecular complexity index is 427. The first-order valence-corrected chi connectivity index (χ1v) is 4.07. The van der Waals surface area contributed by atoms with Gasteiger partial charge in [0, 0.05) is 6.07 Å². The molecule has 8 heteroatoms. The van der Waals surface area contributed by atoms with E-state index >= 15 is 0 Å². The smallest absolute Gasteiger partial charge is 0.318 e. The van der Waals surface area contributed by atoms with E-state index in [0.29, 0.717) is 0 Å². The van der Waals surface area contributed by atoms with Gasteiger partial charge in [-0.15, -0.1) is 0 Å². The standard InChI is InChI=1S/C8H7F3N2O3/c9-8(10,11)4-16-13-7(15)5-2-1-3-6(14)12-5/h1-3H,4H2,(H,12,14)(H,13,15). The van der Waals surface area contributed by atoms with Crippen LogP contribution in [0.4, 0.5) is 13.2 Å². The maximum absolute atomic E-state index is 11.6. The Morgan fingerprint density at radius 2 is 2.12 bits per heavy atom. The Morgan fingerprint density at radius 1 is 1.44 bits per heavy atom. The summed E-state index contributed by atoms with van der Waals surface area (Å²) < 4.78 is 34.9. The van der Waals surface area contributed by atoms with E-state index in [0.717, 1.165) is 6.07 Å². The van der Waals surface area contributed by atoms with Crippen LogP contribution >= 0.6 is 0 Å². The van der Waals surface area contributed by atoms with E-state index in [4.69, 9.17) is 0 Å². The molecule has 2 N–H and O–H groups in total. The van der Waals surface area contributed by atoms with Gasteiger partial charge in [-0.3, -0.25) is 14.4 Å². The van der Waals surface area contributed by atoms with Crippen molar-refractivity contribution in [1.82, 2.24) is 10.5 Å². The second kappa shape index (κ2) is 4.79. The van der Waals surface area contributed by atoms with Crippen LogP contribution in [0.2, 0.25) is 0 Å². The van der Waals surface area contributed by atoms with Crippen molar-refractivity contribution in [1.29, 1.82) is 0 Å². The van der Waals surface area contributed by atoms with Gasteiger partial charge in [0.2, 0.25) is 5.56 Å². The minimum atomic E-state index is -4.53. The summed E-state index contributed by atoms with van der Waals surface area (Å²) in [5, 5.41) is 0. The molecule has 0 bridgehead atoms. The van der Waals surface area contributed by atoms with Gasteiger partial charge < -0.3 is 4.98 Å². The molecule has 0 unspecified atom stereocenters. The summed E-state index contributed by atoms with van der Waals surface area (Å²) in [5.41, 5.74) is 0.830. The molecule has 1 aromatic rings. The normalized spacial score (nSPS) is 11.2. The van der Waals surface area contributed by atoms with Crippen molar-refractivity contribution < 1.29 is 22.8 Å². The summed E-state index contributed by atoms with van der Waals surface area (Å²) in [5.74, 6) is -0.957. The summed E-state index contributed by atoms with van der Waals surface area (Å²) in [4.78, 5) is 27.9. The van der Waals surface area contributed by atoms with Crippen LogP contribution in [0.3, 0.4) is 0 Å². The number of pyridine rings is 1. The summed E-state index contributed by atoms with van der Waals surface area (Å²) in [6, 6.07) is 3.68. The van der Waals surface area contributed by atoms with Crippen LogP contribution in [0.25, 0.3) is 0 Å². The van der Waals surface area contributed by atoms with Gasteiger partial charge in [0.15, 0.2) is 6.61 Å². The van der Waals surface area contributed by atoms with E-state index in [1.165, 1.54) is 12.1 Å². The van der Waals surface area contributed by atoms with Crippen molar-refractivity contribution in [3.63, 3.8) is 0 Å². The molecular formula is C8H7F3N2O3. The van der Waals surface area contributed by atoms with E-state index < -0.39 is 24.2 Å². The van der Waals surface area contributed by atoms with Gasteiger partial charge in [-0.2, -0.15) is 13.2 Å². The molecule has 0 radical (unpaired) electrons. The van der Waals surface area contributed by atoms with E-state index in [9.17, 15) is 22.8 Å². The lowest BCUT2D eigenvalue weighted by Gasteiger charge is -2.07. The monoisotopic (exact) mass is 236 g/mol. The second-order valence-corrected chi connectivity index (χ2v) is 2.76. The largest absolute Gasteiger partial charge is 0.414 e. The number of hydrogen-bond donors (Lipinski definition) is 2. The number of amides is 1. The zero-order valence-corrected chi connectivity index (χ0v) is 7.80. The highest BCUT2D eigenvalue weighted by molar-refractivity contribution is 5.91. The number of aromatic nitrogens is 1. The number of H-pyrrole nitrogens is 1. The van der Waals surface area contributed by atoms with Gasteiger partial charge in [-0.1, -0.05) is 6.07 Å². The number of carbonyl (C=O) groups excluding carboxylic acids is 1. The molecule has 0 saturated heterocycles. The lowest BCUT2D eigenvalue weighted by atomic mass is 10.3. The molecule has 0 fully saturated rings. The van der Waals surface area contributed by atoms with E-state index in [-0.39, 0.29) is 5.69 Å². The van der Waals surface area contributed by atoms with Crippen molar-refractivity contribution in [3.8, 4) is 0 Å². The van der Waals surface area contributed by atoms with Crippen molar-refractivity contribution >= 4 is 5.91 Å². The minimum Gasteiger partial charge on any atom is -0.318 e. The topological polar surface area (TPSA) is 71.2 Å². The van der Waals surface area contributed by atoms with Gasteiger partial charge in [0.25, 0.3) is 5.91 Å². The molecular weight excluding hydrogens is 229 g/mol. The van der Waals surface area contributed by atoms with Gasteiger partial charge in [0.1, 0.15) is 5.69 Å². The van der Waals surface area contributed by atoms with E-state index in [2.05, 4.69) is 9.82 Å². The fourth-order valence-corrected chi connectivity index (χ4v) is 0.819. The number of alkyl halides is 3. The first-order valence-electron chi connectivity index (χ1n) is 4.07. The molecule has 0 aliphatic carbocycles. The maximum Gasteiger partial charge on any atom is 0.414 e. The van der Waals surface area contributed by atoms with E-state index in [1.807, 2.05) is 0 Å². The number of carbonyl (C=O) groups is 1. The Kier molecular flexibility index (Phi) is 3.67. The van der Waals surface area contributed by atoms with Crippen LogP contribution in [0.15, 0.2) is 23.0 Å². The van der Waals surface area contributed by atoms with Crippen molar-refractivity contribution in [2.45, 2.75) is 6.18 Å². The molecule has 1 aromatic heterocycles. The van der Waals surface area contributed by atoms with E-state index in [1.54, 1.807) is 5.48 Å². The predicted molar refractivity (Wildman–Crippen MR) is 46.5 cm³/mol. The predicted octanol–water partition coefficient (Wildman–Crippen LogP) is 0.599. The quantitative estimate of drug-likeness (QED) is 0.755. The van der Waals surface area contributed by atoms with Crippen LogP contribution in [-0.4, -0.2) is 23.7 Å². The van der Waals surface area contributed by atoms with Crippen LogP contribution in [0.5, 0.6) is 0 Å². The minimum absolute atomic E-state index is 0.185. The van der Waals surface area contributed by atoms with Gasteiger partial charge in [-0.25, -0.2) is 5.48 Å². The Balaban J connectivity index is 2.51. The van der Waals surface area contributed by atoms with Crippen LogP contribution in [0, 0.1) is 0 Å². The highest BCUT2D eigenvalue weighted by Gasteiger charge is 2.28. The van der Waals surface area contributed by atoms with Crippen LogP contribution in [0.1, 0.15) is 10.5 Å². The molecule has 5 nitrogen and oxygen atoms in total. The fourth-order valence-electron chi connectivity index (χ4n) is 0.819. The number of rotatable bonds is 3. The van der Waals surface area contributed by atoms with Crippen molar-refractivity contribution in [2.75, 3.05) is 6.61 Å². The lowest BCUT2D eigenvalue weighted by molar-refractivity contribution is -0.184. The molecule has 0 aromatic carbocycles. The fraction of sp³-hybridized carbons (Fsp3) is 0.250. The molecule has 0 spiro atoms. The number of halogens is 3. The Morgan fingerprint density at radius 3 is 2.69 bits per heavy atom. The first-order chi connectivity index (χ1) is 7.38. The summed E-state index contributed by atoms with van der Waals surface area (Å²) in [6.45, 7) is -1.60. The number of hydrogen-bond acceptors (Lipinski definition) is 3. The summed E-state index contributed by atoms with van der Waals surface area (Å²) in [6.07, 6.45) is -4.53. The van der Waals surface area contributed by atoms with Crippen molar-refractivity contribution in [3.05, 3.63) is 34.2 Å². The van der Waals surface area contributed by atoms with Crippen LogP contribution < -0.4 is 11.0 Å². The third kappa shape index (κ3) is 4.13. The lowest BCUT2D eigenvalue weighted by Crippen LogP contribution is -2.30. The molecule has 0 aliphatic heterocycles. The zero-order chi connectivity index (χ0) is 12.2. The molecule has 0 saturated carbocycles. The summed E-state index contributed by atoms with van der Waals surface area (Å²) >= 11 is 0. The third-order valence-corrected chi connectivity index (χ3v) is 1.41. The molecule has 0 aliphatic rings.